The topological polar surface area (TPSA) is 66.0 Å². The lowest BCUT2D eigenvalue weighted by Gasteiger charge is -2.02. The Morgan fingerprint density at radius 2 is 2.18 bits per heavy atom. The molecule has 1 unspecified atom stereocenters. The first kappa shape index (κ1) is 11.3. The molecular formula is C12H11FN2O2. The molecular weight excluding hydrogens is 223 g/mol. The number of imidazole rings is 1. The minimum Gasteiger partial charge on any atom is -0.481 e. The Kier molecular flexibility index (Phi) is 2.91. The Morgan fingerprint density at radius 3 is 2.82 bits per heavy atom. The summed E-state index contributed by atoms with van der Waals surface area (Å²) in [7, 11) is 0. The van der Waals surface area contributed by atoms with E-state index in [9.17, 15) is 9.18 Å². The fourth-order valence-corrected chi connectivity index (χ4v) is 1.49. The zero-order valence-corrected chi connectivity index (χ0v) is 9.14. The van der Waals surface area contributed by atoms with E-state index in [4.69, 9.17) is 5.11 Å². The minimum atomic E-state index is -0.973. The fraction of sp³-hybridized carbons (Fsp3) is 0.167. The number of nitrogens with one attached hydrogen (secondary N) is 1. The first-order valence-corrected chi connectivity index (χ1v) is 5.12. The van der Waals surface area contributed by atoms with E-state index in [0.717, 1.165) is 0 Å². The number of rotatable bonds is 3. The van der Waals surface area contributed by atoms with Crippen LogP contribution in [0.2, 0.25) is 0 Å². The molecule has 2 aromatic rings. The molecule has 0 aliphatic carbocycles. The summed E-state index contributed by atoms with van der Waals surface area (Å²) in [5.74, 6) is -1.77. The van der Waals surface area contributed by atoms with Gasteiger partial charge in [-0.3, -0.25) is 4.79 Å². The second-order valence-corrected chi connectivity index (χ2v) is 3.72. The highest BCUT2D eigenvalue weighted by Gasteiger charge is 2.18. The first-order valence-electron chi connectivity index (χ1n) is 5.12. The van der Waals surface area contributed by atoms with Crippen LogP contribution in [0.15, 0.2) is 30.5 Å². The largest absolute Gasteiger partial charge is 0.481 e. The highest BCUT2D eigenvalue weighted by atomic mass is 19.1. The summed E-state index contributed by atoms with van der Waals surface area (Å²) in [6, 6.07) is 6.25. The van der Waals surface area contributed by atoms with Crippen molar-refractivity contribution in [2.45, 2.75) is 12.8 Å². The van der Waals surface area contributed by atoms with Gasteiger partial charge in [0.25, 0.3) is 0 Å². The highest BCUT2D eigenvalue weighted by molar-refractivity contribution is 5.74. The van der Waals surface area contributed by atoms with Gasteiger partial charge in [-0.15, -0.1) is 0 Å². The smallest absolute Gasteiger partial charge is 0.313 e. The summed E-state index contributed by atoms with van der Waals surface area (Å²) in [5, 5.41) is 8.84. The predicted molar refractivity (Wildman–Crippen MR) is 60.0 cm³/mol. The SMILES string of the molecule is CC(C(=O)O)c1ncc(-c2ccccc2F)[nH]1. The Labute approximate surface area is 97.1 Å². The molecule has 0 fully saturated rings. The van der Waals surface area contributed by atoms with Crippen LogP contribution >= 0.6 is 0 Å². The maximum atomic E-state index is 13.5. The summed E-state index contributed by atoms with van der Waals surface area (Å²) in [5.41, 5.74) is 0.857. The van der Waals surface area contributed by atoms with Crippen molar-refractivity contribution in [1.82, 2.24) is 9.97 Å². The van der Waals surface area contributed by atoms with E-state index in [1.807, 2.05) is 0 Å². The number of carboxylic acid groups (broad SMARTS) is 1. The summed E-state index contributed by atoms with van der Waals surface area (Å²) < 4.78 is 13.5. The van der Waals surface area contributed by atoms with Gasteiger partial charge in [-0.1, -0.05) is 12.1 Å². The molecule has 0 saturated carbocycles. The molecule has 1 heterocycles. The molecule has 1 aromatic carbocycles. The van der Waals surface area contributed by atoms with Crippen molar-refractivity contribution >= 4 is 5.97 Å². The molecule has 0 bridgehead atoms. The molecule has 0 aliphatic rings. The van der Waals surface area contributed by atoms with Crippen LogP contribution in [-0.4, -0.2) is 21.0 Å². The van der Waals surface area contributed by atoms with Crippen LogP contribution in [0.3, 0.4) is 0 Å². The number of aromatic nitrogens is 2. The van der Waals surface area contributed by atoms with Crippen molar-refractivity contribution in [2.24, 2.45) is 0 Å². The number of halogens is 1. The van der Waals surface area contributed by atoms with Gasteiger partial charge in [0.2, 0.25) is 0 Å². The van der Waals surface area contributed by atoms with Crippen molar-refractivity contribution in [3.8, 4) is 11.3 Å². The van der Waals surface area contributed by atoms with Crippen LogP contribution in [0.1, 0.15) is 18.7 Å². The molecule has 0 amide bonds. The maximum absolute atomic E-state index is 13.5. The summed E-state index contributed by atoms with van der Waals surface area (Å²) >= 11 is 0. The van der Waals surface area contributed by atoms with Crippen molar-refractivity contribution < 1.29 is 14.3 Å². The molecule has 17 heavy (non-hydrogen) atoms. The summed E-state index contributed by atoms with van der Waals surface area (Å²) in [4.78, 5) is 17.5. The average molecular weight is 234 g/mol. The van der Waals surface area contributed by atoms with Crippen LogP contribution in [0.4, 0.5) is 4.39 Å². The number of hydrogen-bond donors (Lipinski definition) is 2. The van der Waals surface area contributed by atoms with E-state index in [1.54, 1.807) is 18.2 Å². The number of nitrogens with zero attached hydrogens (tertiary/aromatic N) is 1. The molecule has 0 aliphatic heterocycles. The molecule has 2 N–H and O–H groups in total. The Morgan fingerprint density at radius 1 is 1.47 bits per heavy atom. The van der Waals surface area contributed by atoms with Gasteiger partial charge in [0.15, 0.2) is 0 Å². The van der Waals surface area contributed by atoms with E-state index in [-0.39, 0.29) is 5.82 Å². The van der Waals surface area contributed by atoms with Gasteiger partial charge < -0.3 is 10.1 Å². The third-order valence-corrected chi connectivity index (χ3v) is 2.54. The zero-order chi connectivity index (χ0) is 12.4. The van der Waals surface area contributed by atoms with Crippen LogP contribution in [0.25, 0.3) is 11.3 Å². The van der Waals surface area contributed by atoms with Gasteiger partial charge in [-0.25, -0.2) is 9.37 Å². The number of aliphatic carboxylic acids is 1. The van der Waals surface area contributed by atoms with Crippen molar-refractivity contribution in [2.75, 3.05) is 0 Å². The van der Waals surface area contributed by atoms with Crippen LogP contribution in [0, 0.1) is 5.82 Å². The van der Waals surface area contributed by atoms with E-state index in [1.165, 1.54) is 19.2 Å². The van der Waals surface area contributed by atoms with Crippen molar-refractivity contribution in [1.29, 1.82) is 0 Å². The lowest BCUT2D eigenvalue weighted by molar-refractivity contribution is -0.138. The Bertz CT molecular complexity index is 551. The summed E-state index contributed by atoms with van der Waals surface area (Å²) in [6.45, 7) is 1.52. The van der Waals surface area contributed by atoms with Crippen molar-refractivity contribution in [3.05, 3.63) is 42.1 Å². The van der Waals surface area contributed by atoms with Crippen LogP contribution in [-0.2, 0) is 4.79 Å². The third-order valence-electron chi connectivity index (χ3n) is 2.54. The van der Waals surface area contributed by atoms with E-state index in [0.29, 0.717) is 17.1 Å². The van der Waals surface area contributed by atoms with E-state index in [2.05, 4.69) is 9.97 Å². The molecule has 1 aromatic heterocycles. The number of carbonyl (C=O) groups is 1. The monoisotopic (exact) mass is 234 g/mol. The number of benzene rings is 1. The Balaban J connectivity index is 2.37. The molecule has 5 heteroatoms. The van der Waals surface area contributed by atoms with Gasteiger partial charge >= 0.3 is 5.97 Å². The van der Waals surface area contributed by atoms with Gasteiger partial charge in [0, 0.05) is 5.56 Å². The van der Waals surface area contributed by atoms with Gasteiger partial charge in [0.05, 0.1) is 11.9 Å². The van der Waals surface area contributed by atoms with Crippen LogP contribution in [0.5, 0.6) is 0 Å². The molecule has 0 radical (unpaired) electrons. The molecule has 0 spiro atoms. The van der Waals surface area contributed by atoms with Crippen LogP contribution < -0.4 is 0 Å². The average Bonchev–Trinajstić information content (AvgIpc) is 2.77. The third kappa shape index (κ3) is 2.18. The second kappa shape index (κ2) is 4.37. The molecule has 4 nitrogen and oxygen atoms in total. The molecule has 2 rings (SSSR count). The molecule has 0 saturated heterocycles. The first-order chi connectivity index (χ1) is 8.09. The minimum absolute atomic E-state index is 0.316. The standard InChI is InChI=1S/C12H11FN2O2/c1-7(12(16)17)11-14-6-10(15-11)8-4-2-3-5-9(8)13/h2-7H,1H3,(H,14,15)(H,16,17). The zero-order valence-electron chi connectivity index (χ0n) is 9.14. The summed E-state index contributed by atoms with van der Waals surface area (Å²) in [6.07, 6.45) is 1.44. The Hall–Kier alpha value is -2.17. The van der Waals surface area contributed by atoms with Gasteiger partial charge in [0.1, 0.15) is 17.6 Å². The lowest BCUT2D eigenvalue weighted by atomic mass is 10.1. The van der Waals surface area contributed by atoms with E-state index < -0.39 is 11.9 Å². The normalized spacial score (nSPS) is 12.4. The number of H-pyrrole nitrogens is 1. The fourth-order valence-electron chi connectivity index (χ4n) is 1.49. The quantitative estimate of drug-likeness (QED) is 0.857. The van der Waals surface area contributed by atoms with Crippen molar-refractivity contribution in [3.63, 3.8) is 0 Å². The van der Waals surface area contributed by atoms with E-state index >= 15 is 0 Å². The highest BCUT2D eigenvalue weighted by Crippen LogP contribution is 2.22. The predicted octanol–water partition coefficient (Wildman–Crippen LogP) is 2.40. The van der Waals surface area contributed by atoms with Gasteiger partial charge in [-0.2, -0.15) is 0 Å². The molecule has 1 atom stereocenters. The number of hydrogen-bond acceptors (Lipinski definition) is 2. The van der Waals surface area contributed by atoms with Gasteiger partial charge in [-0.05, 0) is 19.1 Å². The number of aromatic amines is 1. The second-order valence-electron chi connectivity index (χ2n) is 3.72. The number of carboxylic acids is 1. The molecule has 88 valence electrons. The lowest BCUT2D eigenvalue weighted by Crippen LogP contribution is -2.08. The maximum Gasteiger partial charge on any atom is 0.313 e.